The summed E-state index contributed by atoms with van der Waals surface area (Å²) in [7, 11) is 0. The molecule has 2 fully saturated rings. The molecule has 3 nitrogen and oxygen atoms in total. The molecule has 0 aromatic heterocycles. The summed E-state index contributed by atoms with van der Waals surface area (Å²) >= 11 is 5.86. The van der Waals surface area contributed by atoms with E-state index in [1.807, 2.05) is 29.2 Å². The molecule has 1 aromatic carbocycles. The maximum absolute atomic E-state index is 12.3. The van der Waals surface area contributed by atoms with Crippen molar-refractivity contribution in [1.82, 2.24) is 4.90 Å². The maximum Gasteiger partial charge on any atom is 0.222 e. The Morgan fingerprint density at radius 1 is 1.24 bits per heavy atom. The van der Waals surface area contributed by atoms with Gasteiger partial charge in [-0.25, -0.2) is 0 Å². The van der Waals surface area contributed by atoms with Crippen molar-refractivity contribution in [3.63, 3.8) is 0 Å². The molecule has 2 aliphatic rings. The van der Waals surface area contributed by atoms with Gasteiger partial charge in [-0.1, -0.05) is 23.7 Å². The summed E-state index contributed by atoms with van der Waals surface area (Å²) in [4.78, 5) is 14.3. The van der Waals surface area contributed by atoms with Gasteiger partial charge in [0.1, 0.15) is 0 Å². The second-order valence-electron chi connectivity index (χ2n) is 6.09. The van der Waals surface area contributed by atoms with E-state index in [0.717, 1.165) is 31.0 Å². The van der Waals surface area contributed by atoms with Gasteiger partial charge < -0.3 is 10.6 Å². The minimum absolute atomic E-state index is 0. The van der Waals surface area contributed by atoms with E-state index < -0.39 is 0 Å². The van der Waals surface area contributed by atoms with E-state index in [-0.39, 0.29) is 18.3 Å². The molecule has 0 spiro atoms. The zero-order chi connectivity index (χ0) is 14.1. The zero-order valence-electron chi connectivity index (χ0n) is 12.0. The minimum atomic E-state index is 0. The van der Waals surface area contributed by atoms with Gasteiger partial charge in [-0.2, -0.15) is 0 Å². The molecule has 3 unspecified atom stereocenters. The number of rotatable bonds is 3. The number of halogens is 2. The largest absolute Gasteiger partial charge is 0.342 e. The number of likely N-dealkylation sites (tertiary alicyclic amines) is 1. The van der Waals surface area contributed by atoms with Crippen molar-refractivity contribution in [2.24, 2.45) is 17.6 Å². The molecule has 2 N–H and O–H groups in total. The number of aryl methyl sites for hydroxylation is 1. The molecule has 5 heteroatoms. The van der Waals surface area contributed by atoms with E-state index in [1.54, 1.807) is 0 Å². The first kappa shape index (κ1) is 16.6. The van der Waals surface area contributed by atoms with Crippen LogP contribution in [0.15, 0.2) is 24.3 Å². The van der Waals surface area contributed by atoms with Gasteiger partial charge in [-0.05, 0) is 48.8 Å². The van der Waals surface area contributed by atoms with Crippen LogP contribution in [-0.2, 0) is 11.2 Å². The fraction of sp³-hybridized carbons (Fsp3) is 0.562. The summed E-state index contributed by atoms with van der Waals surface area (Å²) in [6, 6.07) is 8.03. The van der Waals surface area contributed by atoms with Crippen molar-refractivity contribution < 1.29 is 4.79 Å². The van der Waals surface area contributed by atoms with Gasteiger partial charge >= 0.3 is 0 Å². The molecule has 116 valence electrons. The summed E-state index contributed by atoms with van der Waals surface area (Å²) in [6.45, 7) is 1.78. The molecular formula is C16H22Cl2N2O. The van der Waals surface area contributed by atoms with Crippen LogP contribution in [0.5, 0.6) is 0 Å². The Balaban J connectivity index is 0.00000161. The first-order valence-corrected chi connectivity index (χ1v) is 7.79. The highest BCUT2D eigenvalue weighted by molar-refractivity contribution is 6.30. The quantitative estimate of drug-likeness (QED) is 0.927. The lowest BCUT2D eigenvalue weighted by Gasteiger charge is -2.18. The third-order valence-corrected chi connectivity index (χ3v) is 5.06. The summed E-state index contributed by atoms with van der Waals surface area (Å²) < 4.78 is 0. The summed E-state index contributed by atoms with van der Waals surface area (Å²) in [5.74, 6) is 1.44. The van der Waals surface area contributed by atoms with Gasteiger partial charge in [-0.15, -0.1) is 12.4 Å². The molecule has 1 aliphatic carbocycles. The van der Waals surface area contributed by atoms with Crippen molar-refractivity contribution in [2.75, 3.05) is 13.1 Å². The van der Waals surface area contributed by atoms with Crippen LogP contribution in [0.2, 0.25) is 5.02 Å². The lowest BCUT2D eigenvalue weighted by molar-refractivity contribution is -0.130. The lowest BCUT2D eigenvalue weighted by atomic mass is 9.98. The molecule has 3 atom stereocenters. The van der Waals surface area contributed by atoms with Gasteiger partial charge in [0.15, 0.2) is 0 Å². The highest BCUT2D eigenvalue weighted by Crippen LogP contribution is 2.37. The average Bonchev–Trinajstić information content (AvgIpc) is 3.01. The van der Waals surface area contributed by atoms with Crippen LogP contribution in [0.4, 0.5) is 0 Å². The van der Waals surface area contributed by atoms with E-state index in [4.69, 9.17) is 17.3 Å². The Labute approximate surface area is 137 Å². The Morgan fingerprint density at radius 2 is 1.95 bits per heavy atom. The van der Waals surface area contributed by atoms with Crippen LogP contribution >= 0.6 is 24.0 Å². The molecule has 0 bridgehead atoms. The van der Waals surface area contributed by atoms with E-state index in [1.165, 1.54) is 12.0 Å². The predicted molar refractivity (Wildman–Crippen MR) is 87.8 cm³/mol. The molecule has 0 radical (unpaired) electrons. The number of nitrogens with zero attached hydrogens (tertiary/aromatic N) is 1. The molecular weight excluding hydrogens is 307 g/mol. The number of hydrogen-bond acceptors (Lipinski definition) is 2. The number of carbonyl (C=O) groups is 1. The number of nitrogens with two attached hydrogens (primary N) is 1. The van der Waals surface area contributed by atoms with Crippen molar-refractivity contribution in [3.8, 4) is 0 Å². The van der Waals surface area contributed by atoms with Gasteiger partial charge in [0.05, 0.1) is 0 Å². The van der Waals surface area contributed by atoms with Crippen molar-refractivity contribution in [2.45, 2.75) is 31.7 Å². The van der Waals surface area contributed by atoms with Crippen LogP contribution in [0, 0.1) is 11.8 Å². The van der Waals surface area contributed by atoms with E-state index in [0.29, 0.717) is 24.3 Å². The fourth-order valence-corrected chi connectivity index (χ4v) is 3.70. The SMILES string of the molecule is Cl.NC1CCC2CN(C(=O)CCc3ccc(Cl)cc3)CC12. The second-order valence-corrected chi connectivity index (χ2v) is 6.53. The first-order chi connectivity index (χ1) is 9.63. The van der Waals surface area contributed by atoms with Crippen molar-refractivity contribution in [3.05, 3.63) is 34.9 Å². The van der Waals surface area contributed by atoms with E-state index in [9.17, 15) is 4.79 Å². The van der Waals surface area contributed by atoms with Gasteiger partial charge in [-0.3, -0.25) is 4.79 Å². The predicted octanol–water partition coefficient (Wildman–Crippen LogP) is 2.89. The molecule has 1 heterocycles. The molecule has 1 saturated carbocycles. The Kier molecular flexibility index (Phi) is 5.53. The van der Waals surface area contributed by atoms with Gasteiger partial charge in [0.25, 0.3) is 0 Å². The summed E-state index contributed by atoms with van der Waals surface area (Å²) in [5, 5.41) is 0.737. The minimum Gasteiger partial charge on any atom is -0.342 e. The summed E-state index contributed by atoms with van der Waals surface area (Å²) in [5.41, 5.74) is 7.28. The monoisotopic (exact) mass is 328 g/mol. The first-order valence-electron chi connectivity index (χ1n) is 7.41. The molecule has 1 amide bonds. The normalized spacial score (nSPS) is 27.3. The van der Waals surface area contributed by atoms with Gasteiger partial charge in [0.2, 0.25) is 5.91 Å². The number of benzene rings is 1. The third-order valence-electron chi connectivity index (χ3n) is 4.81. The topological polar surface area (TPSA) is 46.3 Å². The van der Waals surface area contributed by atoms with Crippen LogP contribution < -0.4 is 5.73 Å². The van der Waals surface area contributed by atoms with Crippen LogP contribution in [0.3, 0.4) is 0 Å². The standard InChI is InChI=1S/C16H21ClN2O.ClH/c17-13-5-1-11(2-6-13)3-8-16(20)19-9-12-4-7-15(18)14(12)10-19;/h1-2,5-6,12,14-15H,3-4,7-10,18H2;1H. The van der Waals surface area contributed by atoms with Crippen LogP contribution in [0.25, 0.3) is 0 Å². The second kappa shape index (κ2) is 6.99. The van der Waals surface area contributed by atoms with Gasteiger partial charge in [0, 0.05) is 30.6 Å². The lowest BCUT2D eigenvalue weighted by Crippen LogP contribution is -2.33. The Hall–Kier alpha value is -0.770. The van der Waals surface area contributed by atoms with Crippen LogP contribution in [-0.4, -0.2) is 29.9 Å². The third kappa shape index (κ3) is 3.71. The Bertz CT molecular complexity index is 492. The smallest absolute Gasteiger partial charge is 0.222 e. The van der Waals surface area contributed by atoms with E-state index in [2.05, 4.69) is 0 Å². The highest BCUT2D eigenvalue weighted by Gasteiger charge is 2.42. The molecule has 21 heavy (non-hydrogen) atoms. The number of hydrogen-bond donors (Lipinski definition) is 1. The number of amides is 1. The zero-order valence-corrected chi connectivity index (χ0v) is 13.6. The van der Waals surface area contributed by atoms with Crippen molar-refractivity contribution in [1.29, 1.82) is 0 Å². The average molecular weight is 329 g/mol. The summed E-state index contributed by atoms with van der Waals surface area (Å²) in [6.07, 6.45) is 3.68. The maximum atomic E-state index is 12.3. The molecule has 1 saturated heterocycles. The molecule has 3 rings (SSSR count). The molecule has 1 aromatic rings. The van der Waals surface area contributed by atoms with E-state index >= 15 is 0 Å². The Morgan fingerprint density at radius 3 is 2.62 bits per heavy atom. The van der Waals surface area contributed by atoms with Crippen molar-refractivity contribution >= 4 is 29.9 Å². The molecule has 1 aliphatic heterocycles. The highest BCUT2D eigenvalue weighted by atomic mass is 35.5. The number of carbonyl (C=O) groups excluding carboxylic acids is 1. The number of fused-ring (bicyclic) bond motifs is 1. The van der Waals surface area contributed by atoms with Crippen LogP contribution in [0.1, 0.15) is 24.8 Å². The fourth-order valence-electron chi connectivity index (χ4n) is 3.57.